The van der Waals surface area contributed by atoms with Crippen LogP contribution in [0, 0.1) is 5.92 Å². The number of piperidine rings is 1. The number of halogens is 1. The van der Waals surface area contributed by atoms with Crippen LogP contribution in [0.3, 0.4) is 0 Å². The molecular weight excluding hydrogens is 526 g/mol. The molecule has 0 bridgehead atoms. The van der Waals surface area contributed by atoms with E-state index < -0.39 is 17.6 Å². The Morgan fingerprint density at radius 2 is 1.89 bits per heavy atom. The first-order valence-corrected chi connectivity index (χ1v) is 14.1. The van der Waals surface area contributed by atoms with Crippen LogP contribution in [0.5, 0.6) is 0 Å². The predicted octanol–water partition coefficient (Wildman–Crippen LogP) is 5.45. The van der Waals surface area contributed by atoms with Gasteiger partial charge >= 0.3 is 11.9 Å². The highest BCUT2D eigenvalue weighted by Crippen LogP contribution is 2.45. The monoisotopic (exact) mass is 559 g/mol. The number of benzene rings is 1. The number of amidine groups is 1. The molecule has 0 aromatic heterocycles. The fraction of sp³-hybridized carbons (Fsp3) is 0.500. The average molecular weight is 560 g/mol. The Bertz CT molecular complexity index is 1200. The molecule has 8 nitrogen and oxygen atoms in total. The molecule has 38 heavy (non-hydrogen) atoms. The molecule has 0 aliphatic carbocycles. The Hall–Kier alpha value is -2.78. The number of amides is 1. The minimum atomic E-state index is -0.684. The maximum atomic E-state index is 13.4. The summed E-state index contributed by atoms with van der Waals surface area (Å²) in [5, 5.41) is 3.19. The molecule has 1 saturated heterocycles. The first-order chi connectivity index (χ1) is 18.0. The number of thioether (sulfide) groups is 1. The van der Waals surface area contributed by atoms with E-state index in [1.54, 1.807) is 30.9 Å². The summed E-state index contributed by atoms with van der Waals surface area (Å²) in [7, 11) is 0. The summed E-state index contributed by atoms with van der Waals surface area (Å²) in [6.07, 6.45) is 1.58. The Kier molecular flexibility index (Phi) is 8.57. The molecule has 204 valence electrons. The summed E-state index contributed by atoms with van der Waals surface area (Å²) in [6.45, 7) is 10.3. The van der Waals surface area contributed by atoms with E-state index in [-0.39, 0.29) is 24.2 Å². The molecule has 1 aromatic carbocycles. The van der Waals surface area contributed by atoms with Crippen LogP contribution in [-0.4, -0.2) is 58.1 Å². The van der Waals surface area contributed by atoms with Gasteiger partial charge in [0.25, 0.3) is 0 Å². The van der Waals surface area contributed by atoms with Crippen molar-refractivity contribution in [3.63, 3.8) is 0 Å². The van der Waals surface area contributed by atoms with Crippen molar-refractivity contribution in [3.05, 3.63) is 57.2 Å². The van der Waals surface area contributed by atoms with Gasteiger partial charge in [0.2, 0.25) is 5.91 Å². The van der Waals surface area contributed by atoms with Crippen LogP contribution in [0.2, 0.25) is 5.02 Å². The second kappa shape index (κ2) is 11.5. The summed E-state index contributed by atoms with van der Waals surface area (Å²) >= 11 is 7.60. The van der Waals surface area contributed by atoms with E-state index >= 15 is 0 Å². The molecule has 0 spiro atoms. The maximum Gasteiger partial charge on any atom is 0.338 e. The minimum Gasteiger partial charge on any atom is -0.466 e. The number of esters is 2. The zero-order valence-corrected chi connectivity index (χ0v) is 24.0. The van der Waals surface area contributed by atoms with Gasteiger partial charge in [-0.05, 0) is 70.6 Å². The molecule has 0 N–H and O–H groups in total. The number of likely N-dealkylation sites (tertiary alicyclic amines) is 1. The molecule has 10 heteroatoms. The smallest absolute Gasteiger partial charge is 0.338 e. The zero-order valence-electron chi connectivity index (χ0n) is 22.5. The lowest BCUT2D eigenvalue weighted by atomic mass is 9.93. The quantitative estimate of drug-likeness (QED) is 0.428. The van der Waals surface area contributed by atoms with Gasteiger partial charge in [0.1, 0.15) is 5.60 Å². The van der Waals surface area contributed by atoms with Crippen LogP contribution >= 0.6 is 23.4 Å². The molecule has 3 heterocycles. The molecule has 1 amide bonds. The van der Waals surface area contributed by atoms with Crippen molar-refractivity contribution in [3.8, 4) is 0 Å². The van der Waals surface area contributed by atoms with Gasteiger partial charge in [-0.25, -0.2) is 9.79 Å². The van der Waals surface area contributed by atoms with Crippen molar-refractivity contribution in [2.24, 2.45) is 10.9 Å². The van der Waals surface area contributed by atoms with Gasteiger partial charge in [-0.2, -0.15) is 0 Å². The maximum absolute atomic E-state index is 13.4. The third-order valence-electron chi connectivity index (χ3n) is 6.53. The highest BCUT2D eigenvalue weighted by Gasteiger charge is 2.42. The first-order valence-electron chi connectivity index (χ1n) is 12.9. The van der Waals surface area contributed by atoms with E-state index in [9.17, 15) is 14.4 Å². The number of aliphatic imine (C=N–C) groups is 1. The summed E-state index contributed by atoms with van der Waals surface area (Å²) in [5.41, 5.74) is 1.89. The summed E-state index contributed by atoms with van der Waals surface area (Å²) in [5.74, 6) is -1.09. The van der Waals surface area contributed by atoms with Crippen molar-refractivity contribution >= 4 is 46.4 Å². The fourth-order valence-electron chi connectivity index (χ4n) is 4.85. The Morgan fingerprint density at radius 3 is 2.55 bits per heavy atom. The van der Waals surface area contributed by atoms with E-state index in [0.29, 0.717) is 47.6 Å². The Balaban J connectivity index is 1.62. The first kappa shape index (κ1) is 28.2. The predicted molar refractivity (Wildman–Crippen MR) is 148 cm³/mol. The van der Waals surface area contributed by atoms with Crippen molar-refractivity contribution in [2.75, 3.05) is 19.7 Å². The number of carbonyl (C=O) groups is 3. The molecule has 4 rings (SSSR count). The number of nitrogens with zero attached hydrogens (tertiary/aromatic N) is 3. The molecule has 2 atom stereocenters. The van der Waals surface area contributed by atoms with E-state index in [2.05, 4.69) is 0 Å². The molecule has 1 aromatic rings. The number of hydrogen-bond donors (Lipinski definition) is 0. The van der Waals surface area contributed by atoms with Gasteiger partial charge in [0.15, 0.2) is 5.17 Å². The third-order valence-corrected chi connectivity index (χ3v) is 7.67. The van der Waals surface area contributed by atoms with Gasteiger partial charge in [-0.1, -0.05) is 35.5 Å². The lowest BCUT2D eigenvalue weighted by molar-refractivity contribution is -0.152. The van der Waals surface area contributed by atoms with Gasteiger partial charge in [-0.15, -0.1) is 0 Å². The van der Waals surface area contributed by atoms with Crippen molar-refractivity contribution in [1.82, 2.24) is 9.80 Å². The Labute approximate surface area is 233 Å². The molecule has 0 radical (unpaired) electrons. The molecule has 3 aliphatic heterocycles. The summed E-state index contributed by atoms with van der Waals surface area (Å²) in [4.78, 5) is 47.6. The van der Waals surface area contributed by atoms with Crippen LogP contribution in [0.1, 0.15) is 65.5 Å². The number of hydrogen-bond acceptors (Lipinski definition) is 8. The SMILES string of the molecule is CCOC(=O)[C@H]1CCCN(C(=O)CC2=CSC3=NC(C)=C(C(=O)OC(C)(C)C)[C@H](c4ccc(Cl)cc4)N23)C1. The van der Waals surface area contributed by atoms with Gasteiger partial charge < -0.3 is 19.3 Å². The van der Waals surface area contributed by atoms with Crippen LogP contribution in [0.15, 0.2) is 51.6 Å². The third kappa shape index (κ3) is 6.26. The normalized spacial score (nSPS) is 21.5. The number of ether oxygens (including phenoxy) is 2. The second-order valence-electron chi connectivity index (χ2n) is 10.6. The standard InChI is InChI=1S/C28H34ClN3O5S/c1-6-36-25(34)19-8-7-13-31(15-19)22(33)14-21-16-38-27-30-17(2)23(26(35)37-28(3,4)5)24(32(21)27)18-9-11-20(29)12-10-18/h9-12,16,19,24H,6-8,13-15H2,1-5H3/t19-,24-/m0/s1. The van der Waals surface area contributed by atoms with Crippen LogP contribution in [0.25, 0.3) is 0 Å². The highest BCUT2D eigenvalue weighted by molar-refractivity contribution is 8.16. The van der Waals surface area contributed by atoms with E-state index in [1.165, 1.54) is 11.8 Å². The lowest BCUT2D eigenvalue weighted by Crippen LogP contribution is -2.44. The average Bonchev–Trinajstić information content (AvgIpc) is 3.24. The van der Waals surface area contributed by atoms with E-state index in [0.717, 1.165) is 17.7 Å². The number of rotatable bonds is 6. The molecular formula is C28H34ClN3O5S. The summed E-state index contributed by atoms with van der Waals surface area (Å²) < 4.78 is 11.0. The molecule has 1 fully saturated rings. The Morgan fingerprint density at radius 1 is 1.18 bits per heavy atom. The number of allylic oxidation sites excluding steroid dienone is 1. The second-order valence-corrected chi connectivity index (χ2v) is 11.8. The van der Waals surface area contributed by atoms with Crippen LogP contribution < -0.4 is 0 Å². The van der Waals surface area contributed by atoms with Crippen molar-refractivity contribution in [1.29, 1.82) is 0 Å². The summed E-state index contributed by atoms with van der Waals surface area (Å²) in [6, 6.07) is 6.80. The van der Waals surface area contributed by atoms with Crippen molar-refractivity contribution < 1.29 is 23.9 Å². The fourth-order valence-corrected chi connectivity index (χ4v) is 5.94. The molecule has 0 saturated carbocycles. The van der Waals surface area contributed by atoms with Crippen LogP contribution in [-0.2, 0) is 23.9 Å². The molecule has 3 aliphatic rings. The minimum absolute atomic E-state index is 0.0768. The van der Waals surface area contributed by atoms with E-state index in [1.807, 2.05) is 43.2 Å². The van der Waals surface area contributed by atoms with Crippen LogP contribution in [0.4, 0.5) is 0 Å². The zero-order chi connectivity index (χ0) is 27.6. The number of carbonyl (C=O) groups excluding carboxylic acids is 3. The molecule has 0 unspecified atom stereocenters. The largest absolute Gasteiger partial charge is 0.466 e. The van der Waals surface area contributed by atoms with Gasteiger partial charge in [0, 0.05) is 23.8 Å². The van der Waals surface area contributed by atoms with E-state index in [4.69, 9.17) is 26.1 Å². The highest BCUT2D eigenvalue weighted by atomic mass is 35.5. The topological polar surface area (TPSA) is 88.5 Å². The number of fused-ring (bicyclic) bond motifs is 1. The lowest BCUT2D eigenvalue weighted by Gasteiger charge is -2.38. The van der Waals surface area contributed by atoms with Gasteiger partial charge in [-0.3, -0.25) is 9.59 Å². The van der Waals surface area contributed by atoms with Gasteiger partial charge in [0.05, 0.1) is 36.3 Å². The van der Waals surface area contributed by atoms with Crippen molar-refractivity contribution in [2.45, 2.75) is 65.5 Å².